The molecule has 9 nitrogen and oxygen atoms in total. The quantitative estimate of drug-likeness (QED) is 0.475. The molecule has 38 heavy (non-hydrogen) atoms. The molecule has 3 amide bonds. The molecule has 4 rings (SSSR count). The number of halogens is 1. The molecular weight excluding hydrogens is 491 g/mol. The molecule has 4 bridgehead atoms. The molecule has 0 radical (unpaired) electrons. The highest BCUT2D eigenvalue weighted by molar-refractivity contribution is 5.95. The molecular formula is C28H31FN4O5. The molecule has 0 saturated carbocycles. The number of aromatic nitrogens is 1. The van der Waals surface area contributed by atoms with Crippen molar-refractivity contribution < 1.29 is 28.4 Å². The first-order valence-corrected chi connectivity index (χ1v) is 12.7. The number of rotatable bonds is 2. The minimum atomic E-state index is -0.565. The fourth-order valence-electron chi connectivity index (χ4n) is 4.39. The Morgan fingerprint density at radius 1 is 1.03 bits per heavy atom. The van der Waals surface area contributed by atoms with E-state index in [9.17, 15) is 23.9 Å². The average Bonchev–Trinajstić information content (AvgIpc) is 3.30. The number of amides is 3. The lowest BCUT2D eigenvalue weighted by Gasteiger charge is -2.22. The molecule has 2 heterocycles. The Balaban J connectivity index is 1.52. The first kappa shape index (κ1) is 26.8. The standard InChI is InChI=1S/C28H31FN4O5/c1-18-14-21(38-32-18)17-27(36)33-12-2-4-26(35)30-11-9-19-5-8-25(34)23(15-19)22-16-20(6-7-24(22)29)28(37)31-10-3-13-33/h5-8,14-16,34H,2-4,9-13,17H2,1H3,(H,30,35)(H,31,37). The molecule has 1 aliphatic rings. The highest BCUT2D eigenvalue weighted by atomic mass is 19.1. The van der Waals surface area contributed by atoms with Crippen LogP contribution >= 0.6 is 0 Å². The average molecular weight is 523 g/mol. The number of nitrogens with zero attached hydrogens (tertiary/aromatic N) is 2. The summed E-state index contributed by atoms with van der Waals surface area (Å²) in [4.78, 5) is 39.8. The van der Waals surface area contributed by atoms with E-state index in [1.807, 2.05) is 0 Å². The third-order valence-corrected chi connectivity index (χ3v) is 6.39. The normalized spacial score (nSPS) is 15.6. The lowest BCUT2D eigenvalue weighted by molar-refractivity contribution is -0.131. The molecule has 0 aliphatic carbocycles. The fraction of sp³-hybridized carbons (Fsp3) is 0.357. The number of carbonyl (C=O) groups is 3. The summed E-state index contributed by atoms with van der Waals surface area (Å²) in [5.74, 6) is -0.873. The van der Waals surface area contributed by atoms with E-state index in [4.69, 9.17) is 4.52 Å². The van der Waals surface area contributed by atoms with E-state index in [-0.39, 0.29) is 59.5 Å². The van der Waals surface area contributed by atoms with E-state index >= 15 is 0 Å². The van der Waals surface area contributed by atoms with Crippen molar-refractivity contribution in [3.63, 3.8) is 0 Å². The summed E-state index contributed by atoms with van der Waals surface area (Å²) >= 11 is 0. The Hall–Kier alpha value is -4.21. The van der Waals surface area contributed by atoms with Gasteiger partial charge in [0.1, 0.15) is 17.3 Å². The van der Waals surface area contributed by atoms with Gasteiger partial charge in [0, 0.05) is 55.4 Å². The smallest absolute Gasteiger partial charge is 0.251 e. The summed E-state index contributed by atoms with van der Waals surface area (Å²) in [6.07, 6.45) is 1.74. The van der Waals surface area contributed by atoms with Gasteiger partial charge in [0.25, 0.3) is 5.91 Å². The fourth-order valence-corrected chi connectivity index (χ4v) is 4.39. The predicted octanol–water partition coefficient (Wildman–Crippen LogP) is 3.14. The topological polar surface area (TPSA) is 125 Å². The van der Waals surface area contributed by atoms with E-state index in [1.54, 1.807) is 30.0 Å². The van der Waals surface area contributed by atoms with Crippen LogP contribution in [0, 0.1) is 12.7 Å². The third-order valence-electron chi connectivity index (χ3n) is 6.39. The number of fused-ring (bicyclic) bond motifs is 5. The SMILES string of the molecule is Cc1cc(CC(=O)N2CCCNC(=O)c3ccc(F)c(c3)-c3cc(ccc3O)CCNC(=O)CCC2)on1. The van der Waals surface area contributed by atoms with Crippen LogP contribution in [0.5, 0.6) is 5.75 Å². The maximum atomic E-state index is 14.7. The monoisotopic (exact) mass is 522 g/mol. The number of aryl methyl sites for hydroxylation is 1. The molecule has 0 fully saturated rings. The van der Waals surface area contributed by atoms with Crippen molar-refractivity contribution in [2.24, 2.45) is 0 Å². The molecule has 0 saturated heterocycles. The second kappa shape index (κ2) is 12.4. The van der Waals surface area contributed by atoms with E-state index < -0.39 is 5.82 Å². The lowest BCUT2D eigenvalue weighted by atomic mass is 9.98. The number of phenols is 1. The van der Waals surface area contributed by atoms with Crippen LogP contribution in [0.1, 0.15) is 46.6 Å². The molecule has 3 N–H and O–H groups in total. The highest BCUT2D eigenvalue weighted by Gasteiger charge is 2.18. The molecule has 0 spiro atoms. The van der Waals surface area contributed by atoms with Crippen LogP contribution in [0.4, 0.5) is 4.39 Å². The van der Waals surface area contributed by atoms with Gasteiger partial charge in [0.05, 0.1) is 12.1 Å². The zero-order valence-corrected chi connectivity index (χ0v) is 21.3. The van der Waals surface area contributed by atoms with Crippen LogP contribution in [0.25, 0.3) is 11.1 Å². The van der Waals surface area contributed by atoms with Gasteiger partial charge in [0.2, 0.25) is 11.8 Å². The number of benzene rings is 2. The molecule has 0 atom stereocenters. The van der Waals surface area contributed by atoms with E-state index in [0.29, 0.717) is 50.4 Å². The zero-order valence-electron chi connectivity index (χ0n) is 21.3. The van der Waals surface area contributed by atoms with Crippen LogP contribution in [0.2, 0.25) is 0 Å². The van der Waals surface area contributed by atoms with Crippen molar-refractivity contribution in [2.45, 2.75) is 39.0 Å². The number of phenolic OH excluding ortho intramolecular Hbond substituents is 1. The van der Waals surface area contributed by atoms with Crippen molar-refractivity contribution in [2.75, 3.05) is 26.2 Å². The molecule has 3 aromatic rings. The molecule has 0 unspecified atom stereocenters. The summed E-state index contributed by atoms with van der Waals surface area (Å²) in [5, 5.41) is 19.9. The second-order valence-corrected chi connectivity index (χ2v) is 9.35. The predicted molar refractivity (Wildman–Crippen MR) is 138 cm³/mol. The summed E-state index contributed by atoms with van der Waals surface area (Å²) in [6, 6.07) is 10.6. The minimum absolute atomic E-state index is 0.0586. The largest absolute Gasteiger partial charge is 0.507 e. The van der Waals surface area contributed by atoms with Gasteiger partial charge in [-0.05, 0) is 62.1 Å². The third kappa shape index (κ3) is 6.96. The van der Waals surface area contributed by atoms with Crippen molar-refractivity contribution in [1.82, 2.24) is 20.7 Å². The van der Waals surface area contributed by atoms with Crippen LogP contribution in [0.15, 0.2) is 47.0 Å². The minimum Gasteiger partial charge on any atom is -0.507 e. The molecule has 200 valence electrons. The van der Waals surface area contributed by atoms with Crippen molar-refractivity contribution in [1.29, 1.82) is 0 Å². The van der Waals surface area contributed by atoms with Gasteiger partial charge in [-0.2, -0.15) is 0 Å². The van der Waals surface area contributed by atoms with Gasteiger partial charge in [-0.3, -0.25) is 14.4 Å². The van der Waals surface area contributed by atoms with E-state index in [2.05, 4.69) is 15.8 Å². The number of carbonyl (C=O) groups excluding carboxylic acids is 3. The number of hydrogen-bond donors (Lipinski definition) is 3. The number of hydrogen-bond acceptors (Lipinski definition) is 6. The Labute approximate surface area is 220 Å². The van der Waals surface area contributed by atoms with E-state index in [0.717, 1.165) is 5.56 Å². The first-order chi connectivity index (χ1) is 18.3. The van der Waals surface area contributed by atoms with Crippen LogP contribution in [-0.2, 0) is 22.4 Å². The van der Waals surface area contributed by atoms with Gasteiger partial charge in [-0.1, -0.05) is 11.2 Å². The summed E-state index contributed by atoms with van der Waals surface area (Å²) in [6.45, 7) is 3.19. The summed E-state index contributed by atoms with van der Waals surface area (Å²) in [5.41, 5.74) is 2.12. The maximum Gasteiger partial charge on any atom is 0.251 e. The zero-order chi connectivity index (χ0) is 27.1. The lowest BCUT2D eigenvalue weighted by Crippen LogP contribution is -2.36. The van der Waals surface area contributed by atoms with Gasteiger partial charge in [-0.15, -0.1) is 0 Å². The van der Waals surface area contributed by atoms with Crippen molar-refractivity contribution in [3.8, 4) is 16.9 Å². The molecule has 10 heteroatoms. The maximum absolute atomic E-state index is 14.7. The summed E-state index contributed by atoms with van der Waals surface area (Å²) < 4.78 is 19.9. The van der Waals surface area contributed by atoms with E-state index in [1.165, 1.54) is 24.3 Å². The van der Waals surface area contributed by atoms with Crippen LogP contribution in [-0.4, -0.2) is 59.1 Å². The summed E-state index contributed by atoms with van der Waals surface area (Å²) in [7, 11) is 0. The highest BCUT2D eigenvalue weighted by Crippen LogP contribution is 2.33. The van der Waals surface area contributed by atoms with Gasteiger partial charge in [0.15, 0.2) is 0 Å². The van der Waals surface area contributed by atoms with Crippen LogP contribution in [0.3, 0.4) is 0 Å². The van der Waals surface area contributed by atoms with Crippen molar-refractivity contribution >= 4 is 17.7 Å². The van der Waals surface area contributed by atoms with Crippen molar-refractivity contribution in [3.05, 3.63) is 70.9 Å². The van der Waals surface area contributed by atoms with Gasteiger partial charge in [-0.25, -0.2) is 4.39 Å². The Morgan fingerprint density at radius 3 is 2.63 bits per heavy atom. The Morgan fingerprint density at radius 2 is 1.84 bits per heavy atom. The van der Waals surface area contributed by atoms with Crippen LogP contribution < -0.4 is 10.6 Å². The molecule has 1 aliphatic heterocycles. The number of aromatic hydroxyl groups is 1. The molecule has 1 aromatic heterocycles. The molecule has 2 aromatic carbocycles. The first-order valence-electron chi connectivity index (χ1n) is 12.7. The van der Waals surface area contributed by atoms with Gasteiger partial charge < -0.3 is 25.2 Å². The Bertz CT molecular complexity index is 1320. The second-order valence-electron chi connectivity index (χ2n) is 9.35. The number of nitrogens with one attached hydrogen (secondary N) is 2. The Kier molecular flexibility index (Phi) is 8.73. The van der Waals surface area contributed by atoms with Gasteiger partial charge >= 0.3 is 0 Å².